The number of amides is 2. The summed E-state index contributed by atoms with van der Waals surface area (Å²) in [4.78, 5) is 49.6. The third kappa shape index (κ3) is 5.82. The molecule has 2 amide bonds. The summed E-state index contributed by atoms with van der Waals surface area (Å²) in [5.41, 5.74) is 7.24. The lowest BCUT2D eigenvalue weighted by Gasteiger charge is -2.26. The van der Waals surface area contributed by atoms with Gasteiger partial charge in [0.05, 0.1) is 31.5 Å². The van der Waals surface area contributed by atoms with Crippen LogP contribution in [0.2, 0.25) is 5.02 Å². The molecule has 8 rings (SSSR count). The summed E-state index contributed by atoms with van der Waals surface area (Å²) in [6.07, 6.45) is 3.65. The molecule has 3 atom stereocenters. The molecule has 3 aromatic carbocycles. The Balaban J connectivity index is 0.974. The van der Waals surface area contributed by atoms with E-state index < -0.39 is 17.9 Å². The minimum Gasteiger partial charge on any atom is -0.467 e. The third-order valence-electron chi connectivity index (χ3n) is 9.84. The van der Waals surface area contributed by atoms with Crippen LogP contribution in [0.1, 0.15) is 52.6 Å². The summed E-state index contributed by atoms with van der Waals surface area (Å²) in [6.45, 7) is 5.90. The number of esters is 1. The van der Waals surface area contributed by atoms with Crippen molar-refractivity contribution in [3.8, 4) is 11.3 Å². The lowest BCUT2D eigenvalue weighted by molar-refractivity contribution is -0.151. The number of aromatic nitrogens is 7. The van der Waals surface area contributed by atoms with E-state index in [1.165, 1.54) is 13.3 Å². The first-order valence-electron chi connectivity index (χ1n) is 16.8. The Morgan fingerprint density at radius 3 is 2.60 bits per heavy atom. The van der Waals surface area contributed by atoms with E-state index in [1.54, 1.807) is 32.4 Å². The number of carbonyl (C=O) groups is 3. The Hall–Kier alpha value is -6.08. The summed E-state index contributed by atoms with van der Waals surface area (Å²) < 4.78 is 8.46. The lowest BCUT2D eigenvalue weighted by atomic mass is 9.97. The van der Waals surface area contributed by atoms with Gasteiger partial charge >= 0.3 is 5.97 Å². The normalized spacial score (nSPS) is 16.5. The van der Waals surface area contributed by atoms with E-state index in [1.807, 2.05) is 75.4 Å². The molecule has 1 aliphatic rings. The SMILES string of the molecule is COC(=O)[C@@H]1C[C@@H](n2cc(-c3ccc(NC(=O)c4cnn5c(C)cc(C)nc45)cc3)nn2)CN1C(=O)C(C)c1ccc2c(c1)[nH]c1ccc(Cl)cc12. The van der Waals surface area contributed by atoms with Gasteiger partial charge in [-0.1, -0.05) is 41.1 Å². The highest BCUT2D eigenvalue weighted by molar-refractivity contribution is 6.31. The Labute approximate surface area is 302 Å². The smallest absolute Gasteiger partial charge is 0.328 e. The van der Waals surface area contributed by atoms with Crippen LogP contribution in [0.25, 0.3) is 38.7 Å². The van der Waals surface area contributed by atoms with Crippen LogP contribution < -0.4 is 5.32 Å². The van der Waals surface area contributed by atoms with Gasteiger partial charge in [0.25, 0.3) is 5.91 Å². The molecule has 0 spiro atoms. The van der Waals surface area contributed by atoms with Gasteiger partial charge in [-0.15, -0.1) is 5.10 Å². The van der Waals surface area contributed by atoms with E-state index in [-0.39, 0.29) is 24.4 Å². The van der Waals surface area contributed by atoms with Gasteiger partial charge in [0.15, 0.2) is 5.65 Å². The molecule has 1 unspecified atom stereocenters. The van der Waals surface area contributed by atoms with Gasteiger partial charge in [-0.3, -0.25) is 9.59 Å². The number of fused-ring (bicyclic) bond motifs is 4. The number of carbonyl (C=O) groups excluding carboxylic acids is 3. The molecule has 52 heavy (non-hydrogen) atoms. The maximum Gasteiger partial charge on any atom is 0.328 e. The molecular weight excluding hydrogens is 682 g/mol. The molecule has 2 N–H and O–H groups in total. The van der Waals surface area contributed by atoms with Crippen LogP contribution in [0.4, 0.5) is 5.69 Å². The quantitative estimate of drug-likeness (QED) is 0.183. The molecule has 5 heterocycles. The van der Waals surface area contributed by atoms with Gasteiger partial charge < -0.3 is 19.9 Å². The number of benzene rings is 3. The predicted molar refractivity (Wildman–Crippen MR) is 196 cm³/mol. The van der Waals surface area contributed by atoms with Crippen molar-refractivity contribution < 1.29 is 19.1 Å². The summed E-state index contributed by atoms with van der Waals surface area (Å²) in [6, 6.07) is 19.7. The van der Waals surface area contributed by atoms with Crippen molar-refractivity contribution in [2.75, 3.05) is 19.0 Å². The first-order valence-corrected chi connectivity index (χ1v) is 17.2. The Bertz CT molecular complexity index is 2540. The van der Waals surface area contributed by atoms with Crippen molar-refractivity contribution in [1.29, 1.82) is 0 Å². The second-order valence-electron chi connectivity index (χ2n) is 13.2. The van der Waals surface area contributed by atoms with Crippen molar-refractivity contribution in [2.45, 2.75) is 45.2 Å². The second kappa shape index (κ2) is 12.9. The van der Waals surface area contributed by atoms with Gasteiger partial charge in [-0.2, -0.15) is 5.10 Å². The van der Waals surface area contributed by atoms with Crippen molar-refractivity contribution in [3.05, 3.63) is 107 Å². The maximum absolute atomic E-state index is 14.0. The zero-order chi connectivity index (χ0) is 36.3. The van der Waals surface area contributed by atoms with Gasteiger partial charge in [0.1, 0.15) is 17.3 Å². The van der Waals surface area contributed by atoms with Crippen LogP contribution in [0.15, 0.2) is 79.1 Å². The minimum absolute atomic E-state index is 0.181. The van der Waals surface area contributed by atoms with E-state index in [0.717, 1.165) is 44.3 Å². The molecule has 0 radical (unpaired) electrons. The molecule has 0 aliphatic carbocycles. The highest BCUT2D eigenvalue weighted by Crippen LogP contribution is 2.34. The number of halogens is 1. The molecule has 4 aromatic heterocycles. The van der Waals surface area contributed by atoms with E-state index >= 15 is 0 Å². The number of aryl methyl sites for hydroxylation is 2. The molecule has 14 heteroatoms. The number of ether oxygens (including phenoxy) is 1. The molecule has 0 saturated carbocycles. The monoisotopic (exact) mass is 715 g/mol. The van der Waals surface area contributed by atoms with E-state index in [9.17, 15) is 14.4 Å². The Kier molecular flexibility index (Phi) is 8.22. The number of methoxy groups -OCH3 is 1. The third-order valence-corrected chi connectivity index (χ3v) is 10.1. The Morgan fingerprint density at radius 2 is 1.81 bits per heavy atom. The predicted octanol–water partition coefficient (Wildman–Crippen LogP) is 6.26. The standard InChI is InChI=1S/C38H34ClN9O4/c1-20-13-21(2)48-35(41-20)30(17-40-48)36(49)42-26-9-5-23(6-10-26)33-19-47(45-44-33)27-16-34(38(51)52-4)46(18-27)37(50)22(3)24-7-11-28-29-15-25(39)8-12-31(29)43-32(28)14-24/h5-15,17,19,22,27,34,43H,16,18H2,1-4H3,(H,42,49)/t22?,27-,34+/m1/s1. The summed E-state index contributed by atoms with van der Waals surface area (Å²) in [7, 11) is 1.33. The van der Waals surface area contributed by atoms with E-state index in [4.69, 9.17) is 16.3 Å². The number of likely N-dealkylation sites (tertiary alicyclic amines) is 1. The zero-order valence-electron chi connectivity index (χ0n) is 28.8. The second-order valence-corrected chi connectivity index (χ2v) is 13.6. The average molecular weight is 716 g/mol. The van der Waals surface area contributed by atoms with Crippen molar-refractivity contribution in [2.24, 2.45) is 0 Å². The molecule has 13 nitrogen and oxygen atoms in total. The first-order chi connectivity index (χ1) is 25.1. The summed E-state index contributed by atoms with van der Waals surface area (Å²) >= 11 is 6.24. The number of nitrogens with zero attached hydrogens (tertiary/aromatic N) is 7. The lowest BCUT2D eigenvalue weighted by Crippen LogP contribution is -2.43. The number of hydrogen-bond acceptors (Lipinski definition) is 8. The number of H-pyrrole nitrogens is 1. The van der Waals surface area contributed by atoms with Crippen LogP contribution in [0.3, 0.4) is 0 Å². The van der Waals surface area contributed by atoms with Gasteiger partial charge in [-0.25, -0.2) is 19.0 Å². The van der Waals surface area contributed by atoms with Crippen molar-refractivity contribution >= 4 is 62.5 Å². The van der Waals surface area contributed by atoms with Crippen LogP contribution in [-0.4, -0.2) is 77.0 Å². The highest BCUT2D eigenvalue weighted by Gasteiger charge is 2.43. The average Bonchev–Trinajstić information content (AvgIpc) is 3.95. The van der Waals surface area contributed by atoms with Gasteiger partial charge in [0.2, 0.25) is 5.91 Å². The molecular formula is C38H34ClN9O4. The fraction of sp³-hybridized carbons (Fsp3) is 0.237. The Morgan fingerprint density at radius 1 is 1.00 bits per heavy atom. The minimum atomic E-state index is -0.768. The molecule has 262 valence electrons. The largest absolute Gasteiger partial charge is 0.467 e. The fourth-order valence-corrected chi connectivity index (χ4v) is 7.28. The number of hydrogen-bond donors (Lipinski definition) is 2. The topological polar surface area (TPSA) is 152 Å². The number of aromatic amines is 1. The van der Waals surface area contributed by atoms with Crippen LogP contribution in [-0.2, 0) is 14.3 Å². The van der Waals surface area contributed by atoms with E-state index in [2.05, 4.69) is 30.7 Å². The molecule has 1 saturated heterocycles. The molecule has 7 aromatic rings. The zero-order valence-corrected chi connectivity index (χ0v) is 29.5. The van der Waals surface area contributed by atoms with Gasteiger partial charge in [-0.05, 0) is 68.8 Å². The van der Waals surface area contributed by atoms with Crippen molar-refractivity contribution in [3.63, 3.8) is 0 Å². The van der Waals surface area contributed by atoms with E-state index in [0.29, 0.717) is 34.0 Å². The molecule has 1 aliphatic heterocycles. The number of nitrogens with one attached hydrogen (secondary N) is 2. The summed E-state index contributed by atoms with van der Waals surface area (Å²) in [5.74, 6) is -1.49. The summed E-state index contributed by atoms with van der Waals surface area (Å²) in [5, 5.41) is 18.7. The number of anilines is 1. The van der Waals surface area contributed by atoms with Crippen molar-refractivity contribution in [1.82, 2.24) is 39.5 Å². The molecule has 0 bridgehead atoms. The number of rotatable bonds is 7. The highest BCUT2D eigenvalue weighted by atomic mass is 35.5. The maximum atomic E-state index is 14.0. The van der Waals surface area contributed by atoms with Crippen LogP contribution in [0, 0.1) is 13.8 Å². The fourth-order valence-electron chi connectivity index (χ4n) is 7.10. The molecule has 1 fully saturated rings. The van der Waals surface area contributed by atoms with Gasteiger partial charge in [0, 0.05) is 62.4 Å². The first kappa shape index (κ1) is 33.1. The van der Waals surface area contributed by atoms with Crippen LogP contribution in [0.5, 0.6) is 0 Å². The van der Waals surface area contributed by atoms with Crippen LogP contribution >= 0.6 is 11.6 Å².